The van der Waals surface area contributed by atoms with Gasteiger partial charge in [-0.3, -0.25) is 9.59 Å². The number of amides is 2. The molecule has 156 valence electrons. The van der Waals surface area contributed by atoms with Crippen molar-refractivity contribution in [1.82, 2.24) is 4.90 Å². The van der Waals surface area contributed by atoms with E-state index in [0.717, 1.165) is 16.7 Å². The largest absolute Gasteiger partial charge is 0.365 e. The third kappa shape index (κ3) is 3.87. The van der Waals surface area contributed by atoms with Gasteiger partial charge in [0.1, 0.15) is 5.70 Å². The molecule has 3 aromatic carbocycles. The third-order valence-corrected chi connectivity index (χ3v) is 5.91. The van der Waals surface area contributed by atoms with E-state index >= 15 is 0 Å². The molecule has 1 heterocycles. The van der Waals surface area contributed by atoms with Crippen LogP contribution in [0.3, 0.4) is 0 Å². The van der Waals surface area contributed by atoms with Gasteiger partial charge < -0.3 is 4.90 Å². The zero-order valence-corrected chi connectivity index (χ0v) is 18.5. The van der Waals surface area contributed by atoms with Gasteiger partial charge in [0.25, 0.3) is 11.8 Å². The van der Waals surface area contributed by atoms with E-state index in [1.54, 1.807) is 24.3 Å². The van der Waals surface area contributed by atoms with Crippen LogP contribution in [0.5, 0.6) is 0 Å². The van der Waals surface area contributed by atoms with Crippen LogP contribution >= 0.6 is 11.6 Å². The van der Waals surface area contributed by atoms with Gasteiger partial charge in [-0.15, -0.1) is 0 Å². The second-order valence-corrected chi connectivity index (χ2v) is 8.17. The third-order valence-electron chi connectivity index (χ3n) is 5.65. The SMILES string of the molecule is Cc1cccc(N2C(=O)C(c3ccc(Cl)cc3)=C(N(C)Cc3ccccc3)C2=O)c1C. The highest BCUT2D eigenvalue weighted by atomic mass is 35.5. The van der Waals surface area contributed by atoms with Crippen LogP contribution in [-0.4, -0.2) is 23.8 Å². The van der Waals surface area contributed by atoms with Crippen LogP contribution in [-0.2, 0) is 16.1 Å². The van der Waals surface area contributed by atoms with Gasteiger partial charge in [-0.05, 0) is 54.3 Å². The number of halogens is 1. The van der Waals surface area contributed by atoms with Crippen molar-refractivity contribution in [2.75, 3.05) is 11.9 Å². The van der Waals surface area contributed by atoms with Crippen LogP contribution in [0.15, 0.2) is 78.5 Å². The molecule has 31 heavy (non-hydrogen) atoms. The van der Waals surface area contributed by atoms with Crippen molar-refractivity contribution in [2.24, 2.45) is 0 Å². The highest BCUT2D eigenvalue weighted by molar-refractivity contribution is 6.45. The van der Waals surface area contributed by atoms with Gasteiger partial charge in [0.15, 0.2) is 0 Å². The molecule has 3 aromatic rings. The number of rotatable bonds is 5. The Hall–Kier alpha value is -3.37. The zero-order valence-electron chi connectivity index (χ0n) is 17.7. The van der Waals surface area contributed by atoms with E-state index < -0.39 is 0 Å². The molecular formula is C26H23ClN2O2. The molecule has 0 saturated carbocycles. The Morgan fingerprint density at radius 2 is 1.52 bits per heavy atom. The highest BCUT2D eigenvalue weighted by Crippen LogP contribution is 2.37. The second kappa shape index (κ2) is 8.40. The quantitative estimate of drug-likeness (QED) is 0.511. The van der Waals surface area contributed by atoms with Crippen LogP contribution < -0.4 is 4.90 Å². The summed E-state index contributed by atoms with van der Waals surface area (Å²) in [5.74, 6) is -0.641. The fourth-order valence-electron chi connectivity index (χ4n) is 3.88. The predicted molar refractivity (Wildman–Crippen MR) is 125 cm³/mol. The molecule has 0 aliphatic carbocycles. The Morgan fingerprint density at radius 1 is 0.839 bits per heavy atom. The van der Waals surface area contributed by atoms with Gasteiger partial charge in [0.2, 0.25) is 0 Å². The number of carbonyl (C=O) groups is 2. The summed E-state index contributed by atoms with van der Waals surface area (Å²) >= 11 is 6.06. The first kappa shape index (κ1) is 20.9. The summed E-state index contributed by atoms with van der Waals surface area (Å²) in [6.45, 7) is 4.41. The van der Waals surface area contributed by atoms with Gasteiger partial charge in [-0.2, -0.15) is 0 Å². The fraction of sp³-hybridized carbons (Fsp3) is 0.154. The van der Waals surface area contributed by atoms with E-state index in [0.29, 0.717) is 34.1 Å². The molecule has 4 nitrogen and oxygen atoms in total. The van der Waals surface area contributed by atoms with Crippen LogP contribution in [0.2, 0.25) is 5.02 Å². The zero-order chi connectivity index (χ0) is 22.1. The van der Waals surface area contributed by atoms with Gasteiger partial charge in [0, 0.05) is 18.6 Å². The molecule has 0 bridgehead atoms. The van der Waals surface area contributed by atoms with Gasteiger partial charge in [-0.25, -0.2) is 4.90 Å². The summed E-state index contributed by atoms with van der Waals surface area (Å²) in [5.41, 5.74) is 5.05. The molecule has 1 aliphatic heterocycles. The monoisotopic (exact) mass is 430 g/mol. The van der Waals surface area contributed by atoms with Gasteiger partial charge >= 0.3 is 0 Å². The van der Waals surface area contributed by atoms with Crippen LogP contribution in [0.4, 0.5) is 5.69 Å². The van der Waals surface area contributed by atoms with Gasteiger partial charge in [0.05, 0.1) is 11.3 Å². The van der Waals surface area contributed by atoms with E-state index in [-0.39, 0.29) is 11.8 Å². The lowest BCUT2D eigenvalue weighted by Gasteiger charge is -2.22. The van der Waals surface area contributed by atoms with E-state index in [1.807, 2.05) is 74.3 Å². The van der Waals surface area contributed by atoms with Crippen molar-refractivity contribution in [3.8, 4) is 0 Å². The Labute approximate surface area is 187 Å². The lowest BCUT2D eigenvalue weighted by Crippen LogP contribution is -2.34. The first-order chi connectivity index (χ1) is 14.9. The molecule has 4 rings (SSSR count). The number of nitrogens with zero attached hydrogens (tertiary/aromatic N) is 2. The molecular weight excluding hydrogens is 408 g/mol. The molecule has 0 aromatic heterocycles. The van der Waals surface area contributed by atoms with Crippen molar-refractivity contribution in [1.29, 1.82) is 0 Å². The first-order valence-corrected chi connectivity index (χ1v) is 10.5. The summed E-state index contributed by atoms with van der Waals surface area (Å²) in [7, 11) is 1.84. The van der Waals surface area contributed by atoms with E-state index in [1.165, 1.54) is 4.90 Å². The van der Waals surface area contributed by atoms with Crippen molar-refractivity contribution < 1.29 is 9.59 Å². The predicted octanol–water partition coefficient (Wildman–Crippen LogP) is 5.37. The first-order valence-electron chi connectivity index (χ1n) is 10.1. The number of hydrogen-bond donors (Lipinski definition) is 0. The minimum absolute atomic E-state index is 0.318. The number of benzene rings is 3. The fourth-order valence-corrected chi connectivity index (χ4v) is 4.01. The minimum Gasteiger partial charge on any atom is -0.365 e. The van der Waals surface area contributed by atoms with E-state index in [9.17, 15) is 9.59 Å². The Balaban J connectivity index is 1.83. The summed E-state index contributed by atoms with van der Waals surface area (Å²) in [5, 5.41) is 0.576. The number of imide groups is 1. The molecule has 0 fully saturated rings. The van der Waals surface area contributed by atoms with E-state index in [4.69, 9.17) is 11.6 Å². The summed E-state index contributed by atoms with van der Waals surface area (Å²) in [6.07, 6.45) is 0. The molecule has 0 spiro atoms. The maximum absolute atomic E-state index is 13.6. The standard InChI is InChI=1S/C26H23ClN2O2/c1-17-8-7-11-22(18(17)2)29-25(30)23(20-12-14-21(27)15-13-20)24(26(29)31)28(3)16-19-9-5-4-6-10-19/h4-15H,16H2,1-3H3. The molecule has 5 heteroatoms. The van der Waals surface area contributed by atoms with Crippen LogP contribution in [0, 0.1) is 13.8 Å². The summed E-state index contributed by atoms with van der Waals surface area (Å²) in [6, 6.07) is 22.6. The Bertz CT molecular complexity index is 1180. The molecule has 0 atom stereocenters. The summed E-state index contributed by atoms with van der Waals surface area (Å²) in [4.78, 5) is 30.4. The minimum atomic E-state index is -0.323. The number of carbonyl (C=O) groups excluding carboxylic acids is 2. The lowest BCUT2D eigenvalue weighted by atomic mass is 10.0. The number of aryl methyl sites for hydroxylation is 1. The van der Waals surface area contributed by atoms with Crippen molar-refractivity contribution >= 4 is 34.7 Å². The molecule has 0 saturated heterocycles. The topological polar surface area (TPSA) is 40.6 Å². The number of likely N-dealkylation sites (N-methyl/N-ethyl adjacent to an activating group) is 1. The van der Waals surface area contributed by atoms with Crippen LogP contribution in [0.25, 0.3) is 5.57 Å². The maximum Gasteiger partial charge on any atom is 0.282 e. The Morgan fingerprint density at radius 3 is 2.19 bits per heavy atom. The smallest absolute Gasteiger partial charge is 0.282 e. The molecule has 2 amide bonds. The summed E-state index contributed by atoms with van der Waals surface area (Å²) < 4.78 is 0. The molecule has 1 aliphatic rings. The van der Waals surface area contributed by atoms with Gasteiger partial charge in [-0.1, -0.05) is 66.2 Å². The maximum atomic E-state index is 13.6. The number of anilines is 1. The van der Waals surface area contributed by atoms with E-state index in [2.05, 4.69) is 0 Å². The average Bonchev–Trinajstić information content (AvgIpc) is 3.02. The van der Waals surface area contributed by atoms with Crippen LogP contribution in [0.1, 0.15) is 22.3 Å². The normalized spacial score (nSPS) is 13.9. The average molecular weight is 431 g/mol. The molecule has 0 N–H and O–H groups in total. The number of hydrogen-bond acceptors (Lipinski definition) is 3. The highest BCUT2D eigenvalue weighted by Gasteiger charge is 2.42. The van der Waals surface area contributed by atoms with Crippen molar-refractivity contribution in [3.05, 3.63) is 106 Å². The molecule has 0 unspecified atom stereocenters. The van der Waals surface area contributed by atoms with Crippen molar-refractivity contribution in [3.63, 3.8) is 0 Å². The van der Waals surface area contributed by atoms with Crippen molar-refractivity contribution in [2.45, 2.75) is 20.4 Å². The lowest BCUT2D eigenvalue weighted by molar-refractivity contribution is -0.120. The second-order valence-electron chi connectivity index (χ2n) is 7.74. The molecule has 0 radical (unpaired) electrons. The Kier molecular flexibility index (Phi) is 5.66.